The molecule has 0 bridgehead atoms. The van der Waals surface area contributed by atoms with E-state index >= 15 is 0 Å². The molecule has 0 aliphatic carbocycles. The molecule has 32 heavy (non-hydrogen) atoms. The molecule has 0 spiro atoms. The van der Waals surface area contributed by atoms with Crippen LogP contribution in [-0.4, -0.2) is 35.7 Å². The van der Waals surface area contributed by atoms with Gasteiger partial charge in [0.05, 0.1) is 19.3 Å². The molecule has 2 heterocycles. The second-order valence-corrected chi connectivity index (χ2v) is 7.91. The molecule has 172 valence electrons. The van der Waals surface area contributed by atoms with Crippen molar-refractivity contribution in [3.8, 4) is 0 Å². The molecule has 0 aliphatic heterocycles. The number of methoxy groups -OCH3 is 1. The summed E-state index contributed by atoms with van der Waals surface area (Å²) in [6.07, 6.45) is 3.12. The van der Waals surface area contributed by atoms with Crippen molar-refractivity contribution in [2.24, 2.45) is 0 Å². The Morgan fingerprint density at radius 1 is 1.25 bits per heavy atom. The highest BCUT2D eigenvalue weighted by Crippen LogP contribution is 2.26. The Labute approximate surface area is 185 Å². The van der Waals surface area contributed by atoms with E-state index in [-0.39, 0.29) is 37.0 Å². The molecule has 1 amide bonds. The molecule has 0 atom stereocenters. The van der Waals surface area contributed by atoms with Crippen molar-refractivity contribution in [3.63, 3.8) is 0 Å². The second-order valence-electron chi connectivity index (χ2n) is 7.91. The Hall–Kier alpha value is -3.33. The fourth-order valence-corrected chi connectivity index (χ4v) is 3.65. The molecule has 1 aromatic carbocycles. The summed E-state index contributed by atoms with van der Waals surface area (Å²) in [5.41, 5.74) is 8.50. The number of nitrogens with two attached hydrogens (primary N) is 1. The molecular formula is C23H30N4O5. The number of aromatic amines is 1. The smallest absolute Gasteiger partial charge is 0.330 e. The first-order chi connectivity index (χ1) is 15.3. The van der Waals surface area contributed by atoms with Crippen LogP contribution in [0.2, 0.25) is 0 Å². The van der Waals surface area contributed by atoms with E-state index < -0.39 is 11.2 Å². The van der Waals surface area contributed by atoms with Crippen molar-refractivity contribution < 1.29 is 13.9 Å². The third kappa shape index (κ3) is 4.62. The van der Waals surface area contributed by atoms with Gasteiger partial charge < -0.3 is 19.8 Å². The fourth-order valence-electron chi connectivity index (χ4n) is 3.65. The van der Waals surface area contributed by atoms with Crippen LogP contribution in [0.25, 0.3) is 11.0 Å². The number of anilines is 2. The lowest BCUT2D eigenvalue weighted by Crippen LogP contribution is -2.43. The molecule has 2 aromatic heterocycles. The summed E-state index contributed by atoms with van der Waals surface area (Å²) in [4.78, 5) is 41.9. The van der Waals surface area contributed by atoms with Gasteiger partial charge in [0.2, 0.25) is 5.91 Å². The minimum absolute atomic E-state index is 0.00613. The number of nitrogen functional groups attached to an aromatic ring is 1. The maximum absolute atomic E-state index is 13.4. The first-order valence-electron chi connectivity index (χ1n) is 10.7. The zero-order valence-electron chi connectivity index (χ0n) is 19.0. The fraction of sp³-hybridized carbons (Fsp3) is 0.435. The van der Waals surface area contributed by atoms with Gasteiger partial charge in [-0.15, -0.1) is 0 Å². The minimum Gasteiger partial charge on any atom is -0.464 e. The predicted molar refractivity (Wildman–Crippen MR) is 124 cm³/mol. The van der Waals surface area contributed by atoms with Gasteiger partial charge in [0.15, 0.2) is 5.69 Å². The highest BCUT2D eigenvalue weighted by atomic mass is 16.5. The third-order valence-corrected chi connectivity index (χ3v) is 5.65. The van der Waals surface area contributed by atoms with Crippen LogP contribution in [0.15, 0.2) is 32.4 Å². The number of rotatable bonds is 9. The van der Waals surface area contributed by atoms with Gasteiger partial charge in [-0.2, -0.15) is 0 Å². The molecule has 0 unspecified atom stereocenters. The van der Waals surface area contributed by atoms with Gasteiger partial charge in [0.25, 0.3) is 5.56 Å². The van der Waals surface area contributed by atoms with Crippen molar-refractivity contribution in [1.82, 2.24) is 9.55 Å². The molecule has 0 saturated heterocycles. The molecule has 3 N–H and O–H groups in total. The number of nitrogens with one attached hydrogen (secondary N) is 1. The average molecular weight is 443 g/mol. The topological polar surface area (TPSA) is 124 Å². The van der Waals surface area contributed by atoms with Gasteiger partial charge in [-0.1, -0.05) is 13.3 Å². The Kier molecular flexibility index (Phi) is 7.19. The number of aryl methyl sites for hydroxylation is 2. The van der Waals surface area contributed by atoms with E-state index in [0.717, 1.165) is 22.9 Å². The van der Waals surface area contributed by atoms with Gasteiger partial charge in [-0.3, -0.25) is 19.1 Å². The number of carbonyl (C=O) groups excluding carboxylic acids is 1. The number of carbonyl (C=O) groups is 1. The molecule has 0 aliphatic rings. The number of H-pyrrole nitrogens is 1. The lowest BCUT2D eigenvalue weighted by Gasteiger charge is -2.24. The van der Waals surface area contributed by atoms with Gasteiger partial charge >= 0.3 is 5.69 Å². The number of furan rings is 1. The summed E-state index contributed by atoms with van der Waals surface area (Å²) in [6.45, 7) is 6.64. The van der Waals surface area contributed by atoms with Crippen LogP contribution >= 0.6 is 0 Å². The number of nitrogens with zero attached hydrogens (tertiary/aromatic N) is 2. The standard InChI is InChI=1S/C23H30N4O5/c1-5-6-7-27-21(24)20(22(29)25-23(27)30)26(8-9-31-4)19(28)12-16-13-32-18-11-15(3)14(2)10-17(16)18/h10-11,13H,5-9,12,24H2,1-4H3,(H,25,29,30). The summed E-state index contributed by atoms with van der Waals surface area (Å²) in [7, 11) is 1.51. The van der Waals surface area contributed by atoms with Crippen molar-refractivity contribution in [3.05, 3.63) is 55.9 Å². The number of fused-ring (bicyclic) bond motifs is 1. The summed E-state index contributed by atoms with van der Waals surface area (Å²) in [5, 5.41) is 0.850. The van der Waals surface area contributed by atoms with Crippen molar-refractivity contribution in [2.45, 2.75) is 46.6 Å². The van der Waals surface area contributed by atoms with Crippen LogP contribution in [0.3, 0.4) is 0 Å². The average Bonchev–Trinajstić information content (AvgIpc) is 3.11. The molecular weight excluding hydrogens is 412 g/mol. The largest absolute Gasteiger partial charge is 0.464 e. The van der Waals surface area contributed by atoms with Crippen molar-refractivity contribution in [2.75, 3.05) is 30.9 Å². The molecule has 0 saturated carbocycles. The summed E-state index contributed by atoms with van der Waals surface area (Å²) >= 11 is 0. The number of unbranched alkanes of at least 4 members (excludes halogenated alkanes) is 1. The van der Waals surface area contributed by atoms with E-state index in [2.05, 4.69) is 4.98 Å². The van der Waals surface area contributed by atoms with E-state index in [1.54, 1.807) is 6.26 Å². The molecule has 0 radical (unpaired) electrons. The third-order valence-electron chi connectivity index (χ3n) is 5.65. The normalized spacial score (nSPS) is 11.2. The molecule has 9 nitrogen and oxygen atoms in total. The van der Waals surface area contributed by atoms with Crippen molar-refractivity contribution >= 4 is 28.4 Å². The zero-order chi connectivity index (χ0) is 23.4. The Balaban J connectivity index is 2.02. The quantitative estimate of drug-likeness (QED) is 0.525. The minimum atomic E-state index is -0.701. The van der Waals surface area contributed by atoms with Gasteiger partial charge in [-0.05, 0) is 43.5 Å². The number of hydrogen-bond acceptors (Lipinski definition) is 6. The molecule has 3 aromatic rings. The maximum atomic E-state index is 13.4. The predicted octanol–water partition coefficient (Wildman–Crippen LogP) is 2.50. The SMILES string of the molecule is CCCCn1c(N)c(N(CCOC)C(=O)Cc2coc3cc(C)c(C)cc23)c(=O)[nH]c1=O. The molecule has 0 fully saturated rings. The van der Waals surface area contributed by atoms with Crippen LogP contribution < -0.4 is 21.9 Å². The van der Waals surface area contributed by atoms with E-state index in [4.69, 9.17) is 14.9 Å². The van der Waals surface area contributed by atoms with E-state index in [1.807, 2.05) is 32.9 Å². The first kappa shape index (κ1) is 23.3. The summed E-state index contributed by atoms with van der Waals surface area (Å²) < 4.78 is 12.1. The molecule has 9 heteroatoms. The Morgan fingerprint density at radius 2 is 1.97 bits per heavy atom. The zero-order valence-corrected chi connectivity index (χ0v) is 19.0. The highest BCUT2D eigenvalue weighted by molar-refractivity contribution is 5.99. The van der Waals surface area contributed by atoms with Crippen LogP contribution in [-0.2, 0) is 22.5 Å². The number of benzene rings is 1. The second kappa shape index (κ2) is 9.86. The van der Waals surface area contributed by atoms with Crippen LogP contribution in [0.4, 0.5) is 11.5 Å². The lowest BCUT2D eigenvalue weighted by atomic mass is 10.0. The van der Waals surface area contributed by atoms with Gasteiger partial charge in [0.1, 0.15) is 11.4 Å². The van der Waals surface area contributed by atoms with Crippen LogP contribution in [0.1, 0.15) is 36.5 Å². The summed E-state index contributed by atoms with van der Waals surface area (Å²) in [5.74, 6) is -0.374. The lowest BCUT2D eigenvalue weighted by molar-refractivity contribution is -0.118. The van der Waals surface area contributed by atoms with Gasteiger partial charge in [-0.25, -0.2) is 4.79 Å². The molecule has 3 rings (SSSR count). The highest BCUT2D eigenvalue weighted by Gasteiger charge is 2.25. The summed E-state index contributed by atoms with van der Waals surface area (Å²) in [6, 6.07) is 3.93. The Morgan fingerprint density at radius 3 is 2.66 bits per heavy atom. The van der Waals surface area contributed by atoms with E-state index in [1.165, 1.54) is 16.6 Å². The Bertz CT molecular complexity index is 1240. The number of amides is 1. The van der Waals surface area contributed by atoms with E-state index in [9.17, 15) is 14.4 Å². The maximum Gasteiger partial charge on any atom is 0.330 e. The number of aromatic nitrogens is 2. The van der Waals surface area contributed by atoms with Crippen LogP contribution in [0, 0.1) is 13.8 Å². The first-order valence-corrected chi connectivity index (χ1v) is 10.7. The van der Waals surface area contributed by atoms with Gasteiger partial charge in [0, 0.05) is 31.1 Å². The van der Waals surface area contributed by atoms with Crippen molar-refractivity contribution in [1.29, 1.82) is 0 Å². The number of hydrogen-bond donors (Lipinski definition) is 2. The van der Waals surface area contributed by atoms with Crippen LogP contribution in [0.5, 0.6) is 0 Å². The number of ether oxygens (including phenoxy) is 1. The van der Waals surface area contributed by atoms with E-state index in [0.29, 0.717) is 24.1 Å². The monoisotopic (exact) mass is 442 g/mol.